The first-order valence-electron chi connectivity index (χ1n) is 12.5. The Balaban J connectivity index is 2.01. The summed E-state index contributed by atoms with van der Waals surface area (Å²) in [6.45, 7) is 8.17. The number of amides is 3. The third kappa shape index (κ3) is 7.01. The van der Waals surface area contributed by atoms with Crippen LogP contribution in [0.1, 0.15) is 62.8 Å². The van der Waals surface area contributed by atoms with Gasteiger partial charge in [0.05, 0.1) is 6.61 Å². The van der Waals surface area contributed by atoms with Crippen molar-refractivity contribution in [3.05, 3.63) is 59.2 Å². The molecule has 37 heavy (non-hydrogen) atoms. The van der Waals surface area contributed by atoms with E-state index in [9.17, 15) is 24.6 Å². The molecule has 0 radical (unpaired) electrons. The van der Waals surface area contributed by atoms with Crippen LogP contribution in [0.5, 0.6) is 5.75 Å². The summed E-state index contributed by atoms with van der Waals surface area (Å²) in [5.41, 5.74) is 1.99. The molecule has 0 bridgehead atoms. The molecule has 9 heteroatoms. The maximum Gasteiger partial charge on any atom is 0.408 e. The molecule has 1 fully saturated rings. The van der Waals surface area contributed by atoms with Crippen molar-refractivity contribution in [3.63, 3.8) is 0 Å². The number of aryl methyl sites for hydroxylation is 2. The maximum atomic E-state index is 13.9. The van der Waals surface area contributed by atoms with E-state index in [1.54, 1.807) is 32.9 Å². The predicted octanol–water partition coefficient (Wildman–Crippen LogP) is 3.96. The molecular formula is C28H37N3O6. The number of ether oxygens (including phenoxy) is 1. The standard InChI is InChI=1S/C28H37N3O6/c1-17-9-6-10-18(2)23(17)30-25(34)24(19-11-7-14-21(33)15-19)31(20-12-8-13-20)26(35)22(16-32)29-27(36)37-28(3,4)5/h6-7,9-11,14-15,20,22,24,32-33H,8,12-13,16H2,1-5H3,(H,29,36)(H,30,34). The number of aliphatic hydroxyl groups is 1. The highest BCUT2D eigenvalue weighted by molar-refractivity contribution is 6.00. The van der Waals surface area contributed by atoms with Crippen molar-refractivity contribution in [2.45, 2.75) is 77.6 Å². The van der Waals surface area contributed by atoms with Crippen LogP contribution in [0, 0.1) is 13.8 Å². The molecule has 0 heterocycles. The lowest BCUT2D eigenvalue weighted by molar-refractivity contribution is -0.146. The van der Waals surface area contributed by atoms with Gasteiger partial charge in [-0.05, 0) is 82.7 Å². The number of carbonyl (C=O) groups is 3. The van der Waals surface area contributed by atoms with Gasteiger partial charge in [-0.15, -0.1) is 0 Å². The SMILES string of the molecule is Cc1cccc(C)c1NC(=O)C(c1cccc(O)c1)N(C(=O)C(CO)NC(=O)OC(C)(C)C)C1CCC1. The summed E-state index contributed by atoms with van der Waals surface area (Å²) >= 11 is 0. The molecule has 0 aromatic heterocycles. The van der Waals surface area contributed by atoms with Crippen LogP contribution < -0.4 is 10.6 Å². The Morgan fingerprint density at radius 1 is 1.08 bits per heavy atom. The molecule has 1 aliphatic carbocycles. The summed E-state index contributed by atoms with van der Waals surface area (Å²) in [6.07, 6.45) is 1.37. The van der Waals surface area contributed by atoms with E-state index in [0.29, 0.717) is 24.1 Å². The molecule has 2 aromatic rings. The second-order valence-electron chi connectivity index (χ2n) is 10.5. The fourth-order valence-electron chi connectivity index (χ4n) is 4.33. The van der Waals surface area contributed by atoms with Crippen LogP contribution in [0.3, 0.4) is 0 Å². The zero-order valence-electron chi connectivity index (χ0n) is 22.1. The number of aliphatic hydroxyl groups excluding tert-OH is 1. The molecule has 3 amide bonds. The van der Waals surface area contributed by atoms with Crippen LogP contribution in [0.25, 0.3) is 0 Å². The number of nitrogens with one attached hydrogen (secondary N) is 2. The second-order valence-corrected chi connectivity index (χ2v) is 10.5. The number of alkyl carbamates (subject to hydrolysis) is 1. The zero-order valence-corrected chi connectivity index (χ0v) is 22.1. The number of rotatable bonds is 8. The maximum absolute atomic E-state index is 13.9. The van der Waals surface area contributed by atoms with Crippen LogP contribution in [-0.2, 0) is 14.3 Å². The third-order valence-electron chi connectivity index (χ3n) is 6.34. The van der Waals surface area contributed by atoms with Gasteiger partial charge in [0.15, 0.2) is 0 Å². The highest BCUT2D eigenvalue weighted by Crippen LogP contribution is 2.35. The molecule has 0 aliphatic heterocycles. The number of hydrogen-bond acceptors (Lipinski definition) is 6. The molecule has 3 rings (SSSR count). The number of aromatic hydroxyl groups is 1. The van der Waals surface area contributed by atoms with Crippen LogP contribution in [0.15, 0.2) is 42.5 Å². The van der Waals surface area contributed by atoms with Gasteiger partial charge >= 0.3 is 6.09 Å². The van der Waals surface area contributed by atoms with E-state index in [2.05, 4.69) is 10.6 Å². The minimum atomic E-state index is -1.32. The third-order valence-corrected chi connectivity index (χ3v) is 6.34. The Labute approximate surface area is 217 Å². The van der Waals surface area contributed by atoms with Gasteiger partial charge in [-0.1, -0.05) is 30.3 Å². The molecule has 1 aliphatic rings. The van der Waals surface area contributed by atoms with Gasteiger partial charge in [0, 0.05) is 11.7 Å². The Morgan fingerprint density at radius 3 is 2.22 bits per heavy atom. The number of carbonyl (C=O) groups excluding carboxylic acids is 3. The molecule has 200 valence electrons. The summed E-state index contributed by atoms with van der Waals surface area (Å²) < 4.78 is 5.27. The molecule has 9 nitrogen and oxygen atoms in total. The van der Waals surface area contributed by atoms with Crippen molar-refractivity contribution in [3.8, 4) is 5.75 Å². The van der Waals surface area contributed by atoms with Crippen LogP contribution in [0.2, 0.25) is 0 Å². The van der Waals surface area contributed by atoms with Gasteiger partial charge in [0.1, 0.15) is 23.4 Å². The molecular weight excluding hydrogens is 474 g/mol. The molecule has 2 unspecified atom stereocenters. The Bertz CT molecular complexity index is 1120. The second kappa shape index (κ2) is 11.6. The number of benzene rings is 2. The summed E-state index contributed by atoms with van der Waals surface area (Å²) in [5.74, 6) is -1.12. The van der Waals surface area contributed by atoms with E-state index >= 15 is 0 Å². The Morgan fingerprint density at radius 2 is 1.70 bits per heavy atom. The van der Waals surface area contributed by atoms with Gasteiger partial charge in [-0.3, -0.25) is 9.59 Å². The van der Waals surface area contributed by atoms with Crippen LogP contribution in [0.4, 0.5) is 10.5 Å². The highest BCUT2D eigenvalue weighted by atomic mass is 16.6. The largest absolute Gasteiger partial charge is 0.508 e. The first-order chi connectivity index (χ1) is 17.4. The van der Waals surface area contributed by atoms with Crippen molar-refractivity contribution < 1.29 is 29.3 Å². The van der Waals surface area contributed by atoms with E-state index in [-0.39, 0.29) is 11.8 Å². The Kier molecular flexibility index (Phi) is 8.81. The summed E-state index contributed by atoms with van der Waals surface area (Å²) in [6, 6.07) is 9.16. The number of anilines is 1. The fraction of sp³-hybridized carbons (Fsp3) is 0.464. The van der Waals surface area contributed by atoms with E-state index in [4.69, 9.17) is 4.74 Å². The highest BCUT2D eigenvalue weighted by Gasteiger charge is 2.42. The summed E-state index contributed by atoms with van der Waals surface area (Å²) in [4.78, 5) is 41.6. The molecule has 2 aromatic carbocycles. The number of nitrogens with zero attached hydrogens (tertiary/aromatic N) is 1. The smallest absolute Gasteiger partial charge is 0.408 e. The minimum Gasteiger partial charge on any atom is -0.508 e. The topological polar surface area (TPSA) is 128 Å². The van der Waals surface area contributed by atoms with Gasteiger partial charge in [-0.2, -0.15) is 0 Å². The predicted molar refractivity (Wildman–Crippen MR) is 140 cm³/mol. The quantitative estimate of drug-likeness (QED) is 0.425. The fourth-order valence-corrected chi connectivity index (χ4v) is 4.33. The molecule has 1 saturated carbocycles. The Hall–Kier alpha value is -3.59. The summed E-state index contributed by atoms with van der Waals surface area (Å²) in [7, 11) is 0. The number of hydrogen-bond donors (Lipinski definition) is 4. The average Bonchev–Trinajstić information content (AvgIpc) is 2.77. The lowest BCUT2D eigenvalue weighted by Crippen LogP contribution is -2.58. The van der Waals surface area contributed by atoms with Gasteiger partial charge < -0.3 is 30.5 Å². The molecule has 0 spiro atoms. The van der Waals surface area contributed by atoms with Crippen molar-refractivity contribution in [2.75, 3.05) is 11.9 Å². The van der Waals surface area contributed by atoms with Crippen LogP contribution >= 0.6 is 0 Å². The molecule has 2 atom stereocenters. The number of phenols is 1. The average molecular weight is 512 g/mol. The van der Waals surface area contributed by atoms with E-state index < -0.39 is 42.2 Å². The van der Waals surface area contributed by atoms with Crippen molar-refractivity contribution in [2.24, 2.45) is 0 Å². The van der Waals surface area contributed by atoms with E-state index in [1.807, 2.05) is 32.0 Å². The number of phenolic OH excluding ortho intramolecular Hbond substituents is 1. The summed E-state index contributed by atoms with van der Waals surface area (Å²) in [5, 5.41) is 25.7. The van der Waals surface area contributed by atoms with E-state index in [1.165, 1.54) is 17.0 Å². The minimum absolute atomic E-state index is 0.0473. The van der Waals surface area contributed by atoms with Crippen molar-refractivity contribution in [1.29, 1.82) is 0 Å². The van der Waals surface area contributed by atoms with Gasteiger partial charge in [0.2, 0.25) is 5.91 Å². The lowest BCUT2D eigenvalue weighted by Gasteiger charge is -2.43. The van der Waals surface area contributed by atoms with Crippen molar-refractivity contribution >= 4 is 23.6 Å². The van der Waals surface area contributed by atoms with Gasteiger partial charge in [-0.25, -0.2) is 4.79 Å². The van der Waals surface area contributed by atoms with Crippen LogP contribution in [-0.4, -0.2) is 57.3 Å². The molecule has 4 N–H and O–H groups in total. The van der Waals surface area contributed by atoms with Gasteiger partial charge in [0.25, 0.3) is 5.91 Å². The van der Waals surface area contributed by atoms with E-state index in [0.717, 1.165) is 17.5 Å². The first-order valence-corrected chi connectivity index (χ1v) is 12.5. The normalized spacial score (nSPS) is 15.2. The van der Waals surface area contributed by atoms with Crippen molar-refractivity contribution in [1.82, 2.24) is 10.2 Å². The first kappa shape index (κ1) is 28.0. The lowest BCUT2D eigenvalue weighted by atomic mass is 9.88. The molecule has 0 saturated heterocycles. The monoisotopic (exact) mass is 511 g/mol. The number of para-hydroxylation sites is 1. The zero-order chi connectivity index (χ0) is 27.3.